The lowest BCUT2D eigenvalue weighted by atomic mass is 10.1. The molecule has 0 radical (unpaired) electrons. The van der Waals surface area contributed by atoms with Gasteiger partial charge in [0.05, 0.1) is 10.8 Å². The number of carbonyl (C=O) groups is 1. The van der Waals surface area contributed by atoms with E-state index in [1.54, 1.807) is 0 Å². The van der Waals surface area contributed by atoms with Crippen molar-refractivity contribution in [1.82, 2.24) is 4.72 Å². The van der Waals surface area contributed by atoms with Crippen LogP contribution in [0.5, 0.6) is 0 Å². The van der Waals surface area contributed by atoms with Crippen molar-refractivity contribution in [3.63, 3.8) is 0 Å². The number of nitrogens with one attached hydrogen (secondary N) is 1. The first kappa shape index (κ1) is 16.8. The molecule has 0 spiro atoms. The average Bonchev–Trinajstić information content (AvgIpc) is 2.71. The van der Waals surface area contributed by atoms with Crippen LogP contribution in [0.2, 0.25) is 4.34 Å². The number of thiophene rings is 1. The summed E-state index contributed by atoms with van der Waals surface area (Å²) in [6, 6.07) is 0.871. The number of carboxylic acid groups (broad SMARTS) is 1. The Hall–Kier alpha value is -1.23. The van der Waals surface area contributed by atoms with Crippen molar-refractivity contribution in [3.05, 3.63) is 20.5 Å². The minimum absolute atomic E-state index is 0.0842. The normalized spacial score (nSPS) is 13.1. The molecule has 1 rings (SSSR count). The van der Waals surface area contributed by atoms with Crippen molar-refractivity contribution >= 4 is 44.6 Å². The van der Waals surface area contributed by atoms with Gasteiger partial charge in [0, 0.05) is 12.6 Å². The number of carboxylic acids is 1. The molecule has 0 aromatic carbocycles. The van der Waals surface area contributed by atoms with Gasteiger partial charge in [0.15, 0.2) is 4.34 Å². The average molecular weight is 343 g/mol. The molecule has 0 aliphatic heterocycles. The summed E-state index contributed by atoms with van der Waals surface area (Å²) in [5, 5.41) is 19.2. The maximum Gasteiger partial charge on any atom is 0.306 e. The van der Waals surface area contributed by atoms with E-state index < -0.39 is 32.5 Å². The molecule has 0 amide bonds. The van der Waals surface area contributed by atoms with Crippen molar-refractivity contribution in [2.75, 3.05) is 6.54 Å². The summed E-state index contributed by atoms with van der Waals surface area (Å²) < 4.78 is 25.4. The summed E-state index contributed by atoms with van der Waals surface area (Å²) in [4.78, 5) is 20.4. The second kappa shape index (κ2) is 6.48. The van der Waals surface area contributed by atoms with Crippen molar-refractivity contribution < 1.29 is 23.2 Å². The Morgan fingerprint density at radius 2 is 2.25 bits per heavy atom. The van der Waals surface area contributed by atoms with Crippen LogP contribution in [0.1, 0.15) is 13.3 Å². The summed E-state index contributed by atoms with van der Waals surface area (Å²) >= 11 is 6.15. The molecule has 0 bridgehead atoms. The zero-order chi connectivity index (χ0) is 15.5. The van der Waals surface area contributed by atoms with Crippen LogP contribution in [0.15, 0.2) is 10.3 Å². The second-order valence-electron chi connectivity index (χ2n) is 3.91. The van der Waals surface area contributed by atoms with E-state index in [1.807, 2.05) is 0 Å². The highest BCUT2D eigenvalue weighted by molar-refractivity contribution is 7.91. The number of hydrogen-bond donors (Lipinski definition) is 2. The monoisotopic (exact) mass is 342 g/mol. The molecule has 8 nitrogen and oxygen atoms in total. The molecular weight excluding hydrogens is 332 g/mol. The first-order valence-corrected chi connectivity index (χ1v) is 7.99. The first-order chi connectivity index (χ1) is 9.15. The van der Waals surface area contributed by atoms with E-state index in [0.717, 1.165) is 6.07 Å². The highest BCUT2D eigenvalue weighted by atomic mass is 35.5. The lowest BCUT2D eigenvalue weighted by Crippen LogP contribution is -2.26. The van der Waals surface area contributed by atoms with E-state index in [-0.39, 0.29) is 21.5 Å². The minimum Gasteiger partial charge on any atom is -0.481 e. The molecule has 0 aliphatic carbocycles. The molecule has 112 valence electrons. The standard InChI is InChI=1S/C9H11ClN2O6S2/c1-5(9(13)14)2-3-11-20(17,18)7-4-6(12(15)16)8(10)19-7/h4-5,11H,2-3H2,1H3,(H,13,14). The van der Waals surface area contributed by atoms with Crippen LogP contribution in [-0.2, 0) is 14.8 Å². The van der Waals surface area contributed by atoms with Gasteiger partial charge in [-0.15, -0.1) is 11.3 Å². The Morgan fingerprint density at radius 1 is 1.65 bits per heavy atom. The molecule has 1 aromatic heterocycles. The van der Waals surface area contributed by atoms with Gasteiger partial charge in [-0.25, -0.2) is 13.1 Å². The smallest absolute Gasteiger partial charge is 0.306 e. The quantitative estimate of drug-likeness (QED) is 0.573. The zero-order valence-corrected chi connectivity index (χ0v) is 12.6. The number of rotatable bonds is 7. The maximum absolute atomic E-state index is 11.8. The molecule has 1 atom stereocenters. The SMILES string of the molecule is CC(CCNS(=O)(=O)c1cc([N+](=O)[O-])c(Cl)s1)C(=O)O. The fraction of sp³-hybridized carbons (Fsp3) is 0.444. The van der Waals surface area contributed by atoms with E-state index in [9.17, 15) is 23.3 Å². The van der Waals surface area contributed by atoms with Crippen LogP contribution in [0.3, 0.4) is 0 Å². The van der Waals surface area contributed by atoms with Crippen LogP contribution < -0.4 is 4.72 Å². The topological polar surface area (TPSA) is 127 Å². The molecule has 0 saturated heterocycles. The summed E-state index contributed by atoms with van der Waals surface area (Å²) in [6.07, 6.45) is 0.107. The van der Waals surface area contributed by atoms with E-state index in [2.05, 4.69) is 4.72 Å². The van der Waals surface area contributed by atoms with Gasteiger partial charge in [0.1, 0.15) is 4.21 Å². The molecule has 1 heterocycles. The molecular formula is C9H11ClN2O6S2. The Kier molecular flexibility index (Phi) is 5.45. The molecule has 0 saturated carbocycles. The zero-order valence-electron chi connectivity index (χ0n) is 10.2. The Labute approximate surface area is 123 Å². The fourth-order valence-corrected chi connectivity index (χ4v) is 3.96. The lowest BCUT2D eigenvalue weighted by Gasteiger charge is -2.07. The third kappa shape index (κ3) is 4.13. The van der Waals surface area contributed by atoms with E-state index in [1.165, 1.54) is 6.92 Å². The second-order valence-corrected chi connectivity index (χ2v) is 7.56. The first-order valence-electron chi connectivity index (χ1n) is 5.31. The highest BCUT2D eigenvalue weighted by Gasteiger charge is 2.25. The predicted octanol–water partition coefficient (Wildman–Crippen LogP) is 1.70. The van der Waals surface area contributed by atoms with Gasteiger partial charge in [-0.2, -0.15) is 0 Å². The number of hydrogen-bond acceptors (Lipinski definition) is 6. The molecule has 0 fully saturated rings. The number of sulfonamides is 1. The van der Waals surface area contributed by atoms with Gasteiger partial charge in [-0.3, -0.25) is 14.9 Å². The maximum atomic E-state index is 11.8. The van der Waals surface area contributed by atoms with Gasteiger partial charge in [-0.05, 0) is 6.42 Å². The fourth-order valence-electron chi connectivity index (χ4n) is 1.20. The Bertz CT molecular complexity index is 626. The van der Waals surface area contributed by atoms with Crippen LogP contribution in [-0.4, -0.2) is 31.0 Å². The Morgan fingerprint density at radius 3 is 2.70 bits per heavy atom. The summed E-state index contributed by atoms with van der Waals surface area (Å²) in [6.45, 7) is 1.36. The molecule has 2 N–H and O–H groups in total. The third-order valence-electron chi connectivity index (χ3n) is 2.40. The van der Waals surface area contributed by atoms with Gasteiger partial charge < -0.3 is 5.11 Å². The van der Waals surface area contributed by atoms with Crippen molar-refractivity contribution in [2.24, 2.45) is 5.92 Å². The predicted molar refractivity (Wildman–Crippen MR) is 72.6 cm³/mol. The van der Waals surface area contributed by atoms with Crippen molar-refractivity contribution in [2.45, 2.75) is 17.6 Å². The van der Waals surface area contributed by atoms with Crippen LogP contribution >= 0.6 is 22.9 Å². The van der Waals surface area contributed by atoms with Gasteiger partial charge in [-0.1, -0.05) is 18.5 Å². The number of halogens is 1. The third-order valence-corrected chi connectivity index (χ3v) is 5.67. The molecule has 1 aromatic rings. The van der Waals surface area contributed by atoms with Gasteiger partial charge in [0.25, 0.3) is 5.69 Å². The van der Waals surface area contributed by atoms with E-state index in [4.69, 9.17) is 16.7 Å². The lowest BCUT2D eigenvalue weighted by molar-refractivity contribution is -0.384. The summed E-state index contributed by atoms with van der Waals surface area (Å²) in [5.41, 5.74) is -0.476. The minimum atomic E-state index is -3.93. The van der Waals surface area contributed by atoms with Gasteiger partial charge >= 0.3 is 5.97 Å². The number of nitrogens with zero attached hydrogens (tertiary/aromatic N) is 1. The summed E-state index contributed by atoms with van der Waals surface area (Å²) in [7, 11) is -3.93. The van der Waals surface area contributed by atoms with E-state index >= 15 is 0 Å². The molecule has 20 heavy (non-hydrogen) atoms. The number of aliphatic carboxylic acids is 1. The molecule has 0 aliphatic rings. The van der Waals surface area contributed by atoms with Crippen molar-refractivity contribution in [3.8, 4) is 0 Å². The molecule has 11 heteroatoms. The molecule has 1 unspecified atom stereocenters. The van der Waals surface area contributed by atoms with E-state index in [0.29, 0.717) is 11.3 Å². The largest absolute Gasteiger partial charge is 0.481 e. The summed E-state index contributed by atoms with van der Waals surface area (Å²) in [5.74, 6) is -1.72. The van der Waals surface area contributed by atoms with Crippen LogP contribution in [0.4, 0.5) is 5.69 Å². The number of nitro groups is 1. The highest BCUT2D eigenvalue weighted by Crippen LogP contribution is 2.36. The van der Waals surface area contributed by atoms with Crippen molar-refractivity contribution in [1.29, 1.82) is 0 Å². The Balaban J connectivity index is 2.77. The van der Waals surface area contributed by atoms with Gasteiger partial charge in [0.2, 0.25) is 10.0 Å². The van der Waals surface area contributed by atoms with Crippen LogP contribution in [0, 0.1) is 16.0 Å². The van der Waals surface area contributed by atoms with Crippen LogP contribution in [0.25, 0.3) is 0 Å².